The number of para-hydroxylation sites is 2. The zero-order valence-corrected chi connectivity index (χ0v) is 21.0. The third-order valence-corrected chi connectivity index (χ3v) is 6.52. The number of aromatic nitrogens is 3. The number of amides is 1. The fourth-order valence-electron chi connectivity index (χ4n) is 4.38. The number of hydrogen-bond acceptors (Lipinski definition) is 6. The lowest BCUT2D eigenvalue weighted by Crippen LogP contribution is -2.20. The van der Waals surface area contributed by atoms with Crippen LogP contribution in [-0.2, 0) is 4.79 Å². The maximum Gasteiger partial charge on any atom is 0.282 e. The summed E-state index contributed by atoms with van der Waals surface area (Å²) >= 11 is 6.11. The van der Waals surface area contributed by atoms with Crippen LogP contribution in [0.1, 0.15) is 32.1 Å². The highest BCUT2D eigenvalue weighted by atomic mass is 35.5. The first-order valence-electron chi connectivity index (χ1n) is 12.3. The highest BCUT2D eigenvalue weighted by Gasteiger charge is 2.13. The van der Waals surface area contributed by atoms with Gasteiger partial charge < -0.3 is 16.4 Å². The molecule has 37 heavy (non-hydrogen) atoms. The van der Waals surface area contributed by atoms with E-state index in [1.165, 1.54) is 4.52 Å². The van der Waals surface area contributed by atoms with Crippen molar-refractivity contribution in [2.24, 2.45) is 0 Å². The molecule has 0 unspecified atom stereocenters. The number of nitrogen functional groups attached to an aromatic ring is 1. The largest absolute Gasteiger partial charge is 0.397 e. The minimum atomic E-state index is -0.258. The van der Waals surface area contributed by atoms with Gasteiger partial charge in [-0.25, -0.2) is 4.98 Å². The van der Waals surface area contributed by atoms with E-state index in [1.807, 2.05) is 36.4 Å². The highest BCUT2D eigenvalue weighted by Crippen LogP contribution is 2.25. The lowest BCUT2D eigenvalue weighted by atomic mass is 10.1. The fraction of sp³-hybridized carbons (Fsp3) is 0.214. The molecule has 0 atom stereocenters. The van der Waals surface area contributed by atoms with Crippen LogP contribution in [0.15, 0.2) is 71.5 Å². The summed E-state index contributed by atoms with van der Waals surface area (Å²) in [4.78, 5) is 30.1. The molecule has 0 aliphatic rings. The maximum absolute atomic E-state index is 13.2. The van der Waals surface area contributed by atoms with Crippen LogP contribution in [0.4, 0.5) is 17.2 Å². The first kappa shape index (κ1) is 24.5. The number of hydrogen-bond donors (Lipinski definition) is 3. The van der Waals surface area contributed by atoms with E-state index in [0.29, 0.717) is 51.7 Å². The summed E-state index contributed by atoms with van der Waals surface area (Å²) in [5.74, 6) is 0.601. The van der Waals surface area contributed by atoms with Gasteiger partial charge in [0.05, 0.1) is 22.3 Å². The summed E-state index contributed by atoms with van der Waals surface area (Å²) in [6.07, 6.45) is 4.05. The van der Waals surface area contributed by atoms with Gasteiger partial charge in [0.25, 0.3) is 5.56 Å². The topological polar surface area (TPSA) is 114 Å². The predicted octanol–water partition coefficient (Wildman–Crippen LogP) is 5.63. The first-order chi connectivity index (χ1) is 18.0. The van der Waals surface area contributed by atoms with Crippen LogP contribution in [-0.4, -0.2) is 27.0 Å². The van der Waals surface area contributed by atoms with Crippen LogP contribution >= 0.6 is 11.6 Å². The molecule has 9 heteroatoms. The van der Waals surface area contributed by atoms with Crippen LogP contribution in [0.3, 0.4) is 0 Å². The number of unbranched alkanes of at least 4 members (excludes halogenated alkanes) is 3. The van der Waals surface area contributed by atoms with Crippen molar-refractivity contribution in [1.29, 1.82) is 0 Å². The van der Waals surface area contributed by atoms with Crippen molar-refractivity contribution in [1.82, 2.24) is 14.6 Å². The first-order valence-corrected chi connectivity index (χ1v) is 12.7. The van der Waals surface area contributed by atoms with Gasteiger partial charge in [0.2, 0.25) is 5.91 Å². The van der Waals surface area contributed by atoms with Crippen molar-refractivity contribution in [3.05, 3.63) is 82.1 Å². The Balaban J connectivity index is 1.21. The Kier molecular flexibility index (Phi) is 7.18. The molecule has 0 aliphatic heterocycles. The number of fused-ring (bicyclic) bond motifs is 4. The lowest BCUT2D eigenvalue weighted by molar-refractivity contribution is -0.116. The van der Waals surface area contributed by atoms with Crippen molar-refractivity contribution in [3.8, 4) is 0 Å². The number of halogens is 1. The molecule has 5 rings (SSSR count). The summed E-state index contributed by atoms with van der Waals surface area (Å²) < 4.78 is 1.35. The molecule has 5 aromatic rings. The SMILES string of the molecule is Nc1ccccc1NC(=O)CCCCCCNc1nn2c(=O)c3cc(Cl)ccc3nc2c2ccccc12. The van der Waals surface area contributed by atoms with E-state index in [-0.39, 0.29) is 11.5 Å². The molecule has 0 spiro atoms. The fourth-order valence-corrected chi connectivity index (χ4v) is 4.55. The molecule has 2 heterocycles. The Labute approximate surface area is 218 Å². The minimum Gasteiger partial charge on any atom is -0.397 e. The normalized spacial score (nSPS) is 11.3. The number of nitrogens with zero attached hydrogens (tertiary/aromatic N) is 3. The van der Waals surface area contributed by atoms with Crippen molar-refractivity contribution < 1.29 is 4.79 Å². The average Bonchev–Trinajstić information content (AvgIpc) is 2.90. The Morgan fingerprint density at radius 2 is 1.68 bits per heavy atom. The smallest absolute Gasteiger partial charge is 0.282 e. The van der Waals surface area contributed by atoms with E-state index in [0.717, 1.165) is 36.5 Å². The van der Waals surface area contributed by atoms with Crippen LogP contribution in [0.25, 0.3) is 27.3 Å². The molecular formula is C28H27ClN6O2. The Morgan fingerprint density at radius 1 is 0.919 bits per heavy atom. The number of benzene rings is 3. The number of nitrogens with two attached hydrogens (primary N) is 1. The lowest BCUT2D eigenvalue weighted by Gasteiger charge is -2.12. The van der Waals surface area contributed by atoms with E-state index in [9.17, 15) is 9.59 Å². The summed E-state index contributed by atoms with van der Waals surface area (Å²) in [6.45, 7) is 0.691. The molecule has 0 fully saturated rings. The zero-order valence-electron chi connectivity index (χ0n) is 20.2. The van der Waals surface area contributed by atoms with Gasteiger partial charge in [0, 0.05) is 28.8 Å². The number of anilines is 3. The molecule has 3 aromatic carbocycles. The van der Waals surface area contributed by atoms with Gasteiger partial charge in [-0.15, -0.1) is 5.10 Å². The third-order valence-electron chi connectivity index (χ3n) is 6.29. The van der Waals surface area contributed by atoms with E-state index < -0.39 is 0 Å². The quantitative estimate of drug-likeness (QED) is 0.102. The van der Waals surface area contributed by atoms with E-state index in [4.69, 9.17) is 22.3 Å². The van der Waals surface area contributed by atoms with E-state index >= 15 is 0 Å². The monoisotopic (exact) mass is 514 g/mol. The van der Waals surface area contributed by atoms with Gasteiger partial charge in [-0.1, -0.05) is 60.8 Å². The molecule has 8 nitrogen and oxygen atoms in total. The Morgan fingerprint density at radius 3 is 2.51 bits per heavy atom. The molecular weight excluding hydrogens is 488 g/mol. The van der Waals surface area contributed by atoms with Crippen LogP contribution in [0.2, 0.25) is 5.02 Å². The van der Waals surface area contributed by atoms with Gasteiger partial charge >= 0.3 is 0 Å². The van der Waals surface area contributed by atoms with E-state index in [1.54, 1.807) is 30.3 Å². The van der Waals surface area contributed by atoms with Gasteiger partial charge in [0.15, 0.2) is 11.5 Å². The summed E-state index contributed by atoms with van der Waals surface area (Å²) in [5.41, 5.74) is 7.93. The van der Waals surface area contributed by atoms with Gasteiger partial charge in [-0.2, -0.15) is 4.52 Å². The van der Waals surface area contributed by atoms with Crippen molar-refractivity contribution in [3.63, 3.8) is 0 Å². The summed E-state index contributed by atoms with van der Waals surface area (Å²) in [6, 6.07) is 20.1. The molecule has 0 radical (unpaired) electrons. The second-order valence-electron chi connectivity index (χ2n) is 8.93. The summed E-state index contributed by atoms with van der Waals surface area (Å²) in [5, 5.41) is 13.5. The molecule has 1 amide bonds. The Bertz CT molecular complexity index is 1670. The maximum atomic E-state index is 13.2. The van der Waals surface area contributed by atoms with Crippen LogP contribution in [0.5, 0.6) is 0 Å². The Hall–Kier alpha value is -4.17. The van der Waals surface area contributed by atoms with Gasteiger partial charge in [-0.3, -0.25) is 9.59 Å². The highest BCUT2D eigenvalue weighted by molar-refractivity contribution is 6.31. The zero-order chi connectivity index (χ0) is 25.8. The van der Waals surface area contributed by atoms with E-state index in [2.05, 4.69) is 15.7 Å². The molecule has 0 aliphatic carbocycles. The van der Waals surface area contributed by atoms with Crippen molar-refractivity contribution in [2.45, 2.75) is 32.1 Å². The van der Waals surface area contributed by atoms with Gasteiger partial charge in [0.1, 0.15) is 0 Å². The van der Waals surface area contributed by atoms with Gasteiger partial charge in [-0.05, 0) is 43.2 Å². The second kappa shape index (κ2) is 10.8. The minimum absolute atomic E-state index is 0.0317. The number of rotatable bonds is 9. The molecule has 4 N–H and O–H groups in total. The van der Waals surface area contributed by atoms with Crippen molar-refractivity contribution >= 4 is 62.0 Å². The second-order valence-corrected chi connectivity index (χ2v) is 9.37. The van der Waals surface area contributed by atoms with Crippen molar-refractivity contribution in [2.75, 3.05) is 22.9 Å². The number of carbonyl (C=O) groups excluding carboxylic acids is 1. The average molecular weight is 515 g/mol. The number of nitrogens with one attached hydrogen (secondary N) is 2. The van der Waals surface area contributed by atoms with Crippen LogP contribution in [0, 0.1) is 0 Å². The molecule has 188 valence electrons. The molecule has 2 aromatic heterocycles. The number of carbonyl (C=O) groups is 1. The molecule has 0 saturated heterocycles. The molecule has 0 saturated carbocycles. The molecule has 0 bridgehead atoms. The standard InChI is InChI=1S/C28H27ClN6O2/c29-18-14-15-23-21(17-18)28(37)35-27(33-23)20-10-5-4-9-19(20)26(34-35)31-16-8-2-1-3-13-25(36)32-24-12-7-6-11-22(24)30/h4-7,9-12,14-15,17H,1-3,8,13,16,30H2,(H,31,34)(H,32,36). The van der Waals surface area contributed by atoms with Crippen LogP contribution < -0.4 is 21.9 Å². The third kappa shape index (κ3) is 5.34. The predicted molar refractivity (Wildman–Crippen MR) is 150 cm³/mol. The summed E-state index contributed by atoms with van der Waals surface area (Å²) in [7, 11) is 0.